The van der Waals surface area contributed by atoms with Crippen molar-refractivity contribution in [1.29, 1.82) is 5.41 Å². The molecule has 1 aromatic rings. The lowest BCUT2D eigenvalue weighted by Gasteiger charge is -2.17. The molecule has 9 N–H and O–H groups in total. The van der Waals surface area contributed by atoms with Gasteiger partial charge >= 0.3 is 11.9 Å². The van der Waals surface area contributed by atoms with E-state index >= 15 is 0 Å². The summed E-state index contributed by atoms with van der Waals surface area (Å²) in [6.45, 7) is 4.48. The molecule has 0 aliphatic carbocycles. The molecule has 2 amide bonds. The topological polar surface area (TPSA) is 217 Å². The van der Waals surface area contributed by atoms with Crippen LogP contribution in [0.5, 0.6) is 0 Å². The number of nitrogens with one attached hydrogen (secondary N) is 4. The largest absolute Gasteiger partial charge is 0.480 e. The van der Waals surface area contributed by atoms with E-state index in [0.29, 0.717) is 36.5 Å². The third kappa shape index (κ3) is 8.14. The summed E-state index contributed by atoms with van der Waals surface area (Å²) in [5, 5.41) is 21.9. The molecule has 0 spiro atoms. The lowest BCUT2D eigenvalue weighted by molar-refractivity contribution is -0.141. The maximum Gasteiger partial charge on any atom is 0.339 e. The van der Waals surface area contributed by atoms with Crippen molar-refractivity contribution in [3.05, 3.63) is 34.7 Å². The number of rotatable bonds is 12. The van der Waals surface area contributed by atoms with E-state index in [0.717, 1.165) is 5.57 Å². The van der Waals surface area contributed by atoms with Gasteiger partial charge in [-0.2, -0.15) is 0 Å². The second-order valence-electron chi connectivity index (χ2n) is 8.20. The first-order valence-electron chi connectivity index (χ1n) is 11.2. The number of aromatic nitrogens is 1. The number of ether oxygens (including phenoxy) is 1. The first-order chi connectivity index (χ1) is 16.5. The van der Waals surface area contributed by atoms with Gasteiger partial charge in [-0.25, -0.2) is 9.59 Å². The molecule has 0 radical (unpaired) electrons. The predicted molar refractivity (Wildman–Crippen MR) is 127 cm³/mol. The standard InChI is InChI=1S/C22H33N7O6/c1-3-35-21(34)15-9-14(27-12(15)2)10-17(20(32)33)28-18(30)4-6-26-19(31)16(23)8-13-5-7-29(11-13)22(24)25/h5,9,16-17,27H,3-4,6-8,10-11,23H2,1-2H3,(H3,24,25)(H,26,31)(H,28,30)(H,32,33). The lowest BCUT2D eigenvalue weighted by Crippen LogP contribution is -2.45. The minimum atomic E-state index is -1.24. The molecule has 35 heavy (non-hydrogen) atoms. The summed E-state index contributed by atoms with van der Waals surface area (Å²) >= 11 is 0. The van der Waals surface area contributed by atoms with E-state index in [4.69, 9.17) is 21.6 Å². The number of guanidine groups is 1. The van der Waals surface area contributed by atoms with Crippen LogP contribution in [0.15, 0.2) is 17.7 Å². The quantitative estimate of drug-likeness (QED) is 0.0821. The minimum absolute atomic E-state index is 0.0159. The third-order valence-electron chi connectivity index (χ3n) is 5.43. The Balaban J connectivity index is 1.79. The van der Waals surface area contributed by atoms with Gasteiger partial charge in [0, 0.05) is 43.9 Å². The Labute approximate surface area is 202 Å². The Morgan fingerprint density at radius 1 is 1.31 bits per heavy atom. The molecule has 0 saturated carbocycles. The summed E-state index contributed by atoms with van der Waals surface area (Å²) in [5.41, 5.74) is 13.6. The normalized spacial score (nSPS) is 14.6. The SMILES string of the molecule is CCOC(=O)c1cc(CC(NC(=O)CCNC(=O)C(N)CC2=CCN(C(=N)N)C2)C(=O)O)[nH]c1C. The number of aryl methyl sites for hydroxylation is 1. The number of aliphatic carboxylic acids is 1. The third-order valence-corrected chi connectivity index (χ3v) is 5.43. The number of carboxylic acid groups (broad SMARTS) is 1. The van der Waals surface area contributed by atoms with Crippen LogP contribution in [-0.2, 0) is 25.5 Å². The van der Waals surface area contributed by atoms with Crippen LogP contribution in [0.2, 0.25) is 0 Å². The molecule has 2 heterocycles. The zero-order valence-electron chi connectivity index (χ0n) is 19.8. The molecule has 2 rings (SSSR count). The maximum atomic E-state index is 12.3. The van der Waals surface area contributed by atoms with Gasteiger partial charge in [-0.1, -0.05) is 11.6 Å². The number of hydrogen-bond acceptors (Lipinski definition) is 7. The van der Waals surface area contributed by atoms with Crippen LogP contribution in [0.25, 0.3) is 0 Å². The molecule has 0 saturated heterocycles. The van der Waals surface area contributed by atoms with Gasteiger partial charge in [0.2, 0.25) is 11.8 Å². The number of amides is 2. The summed E-state index contributed by atoms with van der Waals surface area (Å²) in [6.07, 6.45) is 1.97. The Morgan fingerprint density at radius 3 is 2.63 bits per heavy atom. The minimum Gasteiger partial charge on any atom is -0.480 e. The summed E-state index contributed by atoms with van der Waals surface area (Å²) in [4.78, 5) is 52.6. The van der Waals surface area contributed by atoms with Crippen molar-refractivity contribution in [3.63, 3.8) is 0 Å². The van der Waals surface area contributed by atoms with Crippen molar-refractivity contribution in [2.45, 2.75) is 45.2 Å². The van der Waals surface area contributed by atoms with Gasteiger partial charge in [0.25, 0.3) is 0 Å². The number of carbonyl (C=O) groups is 4. The number of esters is 1. The lowest BCUT2D eigenvalue weighted by atomic mass is 10.1. The fraction of sp³-hybridized carbons (Fsp3) is 0.500. The second kappa shape index (κ2) is 12.6. The van der Waals surface area contributed by atoms with E-state index in [1.54, 1.807) is 18.7 Å². The predicted octanol–water partition coefficient (Wildman–Crippen LogP) is -1.03. The number of carboxylic acids is 1. The number of aromatic amines is 1. The number of hydrogen-bond donors (Lipinski definition) is 7. The smallest absolute Gasteiger partial charge is 0.339 e. The van der Waals surface area contributed by atoms with Crippen molar-refractivity contribution in [2.24, 2.45) is 11.5 Å². The van der Waals surface area contributed by atoms with Crippen LogP contribution in [0.1, 0.15) is 41.5 Å². The molecular weight excluding hydrogens is 458 g/mol. The highest BCUT2D eigenvalue weighted by molar-refractivity contribution is 5.91. The van der Waals surface area contributed by atoms with Crippen LogP contribution in [0.3, 0.4) is 0 Å². The molecular formula is C22H33N7O6. The highest BCUT2D eigenvalue weighted by Crippen LogP contribution is 2.14. The van der Waals surface area contributed by atoms with E-state index < -0.39 is 35.8 Å². The van der Waals surface area contributed by atoms with Gasteiger partial charge in [0.1, 0.15) is 6.04 Å². The fourth-order valence-corrected chi connectivity index (χ4v) is 3.59. The van der Waals surface area contributed by atoms with Crippen LogP contribution < -0.4 is 22.1 Å². The average Bonchev–Trinajstić information content (AvgIpc) is 3.39. The number of nitrogens with zero attached hydrogens (tertiary/aromatic N) is 1. The highest BCUT2D eigenvalue weighted by Gasteiger charge is 2.24. The van der Waals surface area contributed by atoms with Gasteiger partial charge in [0.15, 0.2) is 5.96 Å². The number of nitrogens with two attached hydrogens (primary N) is 2. The maximum absolute atomic E-state index is 12.3. The monoisotopic (exact) mass is 491 g/mol. The van der Waals surface area contributed by atoms with Gasteiger partial charge in [-0.15, -0.1) is 0 Å². The fourth-order valence-electron chi connectivity index (χ4n) is 3.59. The number of H-pyrrole nitrogens is 1. The zero-order chi connectivity index (χ0) is 26.1. The van der Waals surface area contributed by atoms with Crippen molar-refractivity contribution < 1.29 is 29.0 Å². The summed E-state index contributed by atoms with van der Waals surface area (Å²) in [6, 6.07) is -0.549. The van der Waals surface area contributed by atoms with Gasteiger partial charge < -0.3 is 41.8 Å². The summed E-state index contributed by atoms with van der Waals surface area (Å²) in [7, 11) is 0. The Hall–Kier alpha value is -3.87. The zero-order valence-corrected chi connectivity index (χ0v) is 19.8. The van der Waals surface area contributed by atoms with Crippen molar-refractivity contribution in [2.75, 3.05) is 26.2 Å². The van der Waals surface area contributed by atoms with Gasteiger partial charge in [0.05, 0.1) is 18.2 Å². The Kier molecular flexibility index (Phi) is 9.82. The van der Waals surface area contributed by atoms with Crippen LogP contribution in [0, 0.1) is 12.3 Å². The first-order valence-corrected chi connectivity index (χ1v) is 11.2. The Morgan fingerprint density at radius 2 is 2.03 bits per heavy atom. The molecule has 1 aromatic heterocycles. The summed E-state index contributed by atoms with van der Waals surface area (Å²) in [5.74, 6) is -2.80. The first kappa shape index (κ1) is 27.4. The van der Waals surface area contributed by atoms with Crippen molar-refractivity contribution >= 4 is 29.7 Å². The summed E-state index contributed by atoms with van der Waals surface area (Å²) < 4.78 is 4.96. The molecule has 0 bridgehead atoms. The van der Waals surface area contributed by atoms with Crippen molar-refractivity contribution in [3.8, 4) is 0 Å². The molecule has 1 aliphatic rings. The highest BCUT2D eigenvalue weighted by atomic mass is 16.5. The van der Waals surface area contributed by atoms with Gasteiger partial charge in [-0.3, -0.25) is 15.0 Å². The molecule has 2 unspecified atom stereocenters. The molecule has 2 atom stereocenters. The molecule has 13 nitrogen and oxygen atoms in total. The molecule has 0 fully saturated rings. The van der Waals surface area contributed by atoms with Crippen LogP contribution >= 0.6 is 0 Å². The average molecular weight is 492 g/mol. The van der Waals surface area contributed by atoms with Gasteiger partial charge in [-0.05, 0) is 26.3 Å². The van der Waals surface area contributed by atoms with E-state index in [-0.39, 0.29) is 32.0 Å². The van der Waals surface area contributed by atoms with E-state index in [1.165, 1.54) is 6.07 Å². The Bertz CT molecular complexity index is 1000. The van der Waals surface area contributed by atoms with E-state index in [9.17, 15) is 24.3 Å². The van der Waals surface area contributed by atoms with E-state index in [2.05, 4.69) is 15.6 Å². The molecule has 0 aromatic carbocycles. The molecule has 1 aliphatic heterocycles. The molecule has 192 valence electrons. The van der Waals surface area contributed by atoms with Crippen LogP contribution in [0.4, 0.5) is 0 Å². The number of carbonyl (C=O) groups excluding carboxylic acids is 3. The second-order valence-corrected chi connectivity index (χ2v) is 8.20. The van der Waals surface area contributed by atoms with Crippen LogP contribution in [-0.4, -0.2) is 83.0 Å². The molecule has 13 heteroatoms. The van der Waals surface area contributed by atoms with Crippen molar-refractivity contribution in [1.82, 2.24) is 20.5 Å². The van der Waals surface area contributed by atoms with E-state index in [1.807, 2.05) is 6.08 Å².